The molecule has 1 amide bonds. The predicted octanol–water partition coefficient (Wildman–Crippen LogP) is 6.72. The van der Waals surface area contributed by atoms with Crippen LogP contribution in [0.25, 0.3) is 22.0 Å². The second-order valence-corrected chi connectivity index (χ2v) is 14.5. The van der Waals surface area contributed by atoms with Gasteiger partial charge in [-0.1, -0.05) is 30.3 Å². The molecule has 0 bridgehead atoms. The van der Waals surface area contributed by atoms with Gasteiger partial charge in [-0.25, -0.2) is 28.2 Å². The zero-order chi connectivity index (χ0) is 31.5. The number of hydrogen-bond acceptors (Lipinski definition) is 9. The van der Waals surface area contributed by atoms with E-state index in [4.69, 9.17) is 26.1 Å². The third-order valence-corrected chi connectivity index (χ3v) is 9.23. The summed E-state index contributed by atoms with van der Waals surface area (Å²) in [7, 11) is -3.45. The largest absolute Gasteiger partial charge is 0.444 e. The number of aromatic nitrogens is 3. The normalized spacial score (nSPS) is 15.7. The summed E-state index contributed by atoms with van der Waals surface area (Å²) in [4.78, 5) is 28.1. The monoisotopic (exact) mass is 637 g/mol. The van der Waals surface area contributed by atoms with Crippen LogP contribution in [-0.4, -0.2) is 64.3 Å². The molecule has 2 aromatic carbocycles. The lowest BCUT2D eigenvalue weighted by Gasteiger charge is -2.34. The van der Waals surface area contributed by atoms with Crippen molar-refractivity contribution in [3.63, 3.8) is 0 Å². The maximum atomic E-state index is 12.6. The van der Waals surface area contributed by atoms with Crippen LogP contribution in [0.1, 0.15) is 44.7 Å². The topological polar surface area (TPSA) is 124 Å². The van der Waals surface area contributed by atoms with E-state index >= 15 is 0 Å². The molecule has 4 aromatic rings. The van der Waals surface area contributed by atoms with E-state index in [1.54, 1.807) is 29.4 Å². The zero-order valence-corrected chi connectivity index (χ0v) is 26.8. The Bertz CT molecular complexity index is 1780. The SMILES string of the molecule is Cc1ccc2c(CS(=O)(=O)CCl)cccc2c1Oc1ncccc1-c1ccnc(N[C@H]2CCCN(C(=O)OC(C)(C)C)C2)n1. The molecular formula is C32H36ClN5O5S. The summed E-state index contributed by atoms with van der Waals surface area (Å²) in [6.07, 6.45) is 4.69. The van der Waals surface area contributed by atoms with E-state index in [2.05, 4.69) is 15.3 Å². The molecule has 1 N–H and O–H groups in total. The van der Waals surface area contributed by atoms with Crippen LogP contribution in [0.3, 0.4) is 0 Å². The third kappa shape index (κ3) is 7.57. The lowest BCUT2D eigenvalue weighted by Crippen LogP contribution is -2.47. The lowest BCUT2D eigenvalue weighted by atomic mass is 10.0. The highest BCUT2D eigenvalue weighted by molar-refractivity contribution is 7.91. The molecule has 1 fully saturated rings. The van der Waals surface area contributed by atoms with Crippen molar-refractivity contribution in [3.8, 4) is 22.9 Å². The molecule has 0 radical (unpaired) electrons. The number of rotatable bonds is 8. The lowest BCUT2D eigenvalue weighted by molar-refractivity contribution is 0.0206. The Kier molecular flexibility index (Phi) is 9.26. The van der Waals surface area contributed by atoms with Crippen LogP contribution >= 0.6 is 11.6 Å². The van der Waals surface area contributed by atoms with Crippen LogP contribution in [0.4, 0.5) is 10.7 Å². The summed E-state index contributed by atoms with van der Waals surface area (Å²) in [6, 6.07) is 14.7. The molecule has 1 aliphatic rings. The Morgan fingerprint density at radius 2 is 1.89 bits per heavy atom. The maximum Gasteiger partial charge on any atom is 0.410 e. The Morgan fingerprint density at radius 3 is 2.66 bits per heavy atom. The number of nitrogens with zero attached hydrogens (tertiary/aromatic N) is 4. The first-order valence-corrected chi connectivity index (χ1v) is 16.8. The van der Waals surface area contributed by atoms with E-state index in [0.717, 1.165) is 29.2 Å². The minimum absolute atomic E-state index is 0.0359. The Hall–Kier alpha value is -3.96. The zero-order valence-electron chi connectivity index (χ0n) is 25.2. The summed E-state index contributed by atoms with van der Waals surface area (Å²) in [5.74, 6) is 1.18. The number of carbonyl (C=O) groups is 1. The third-order valence-electron chi connectivity index (χ3n) is 7.15. The van der Waals surface area contributed by atoms with Crippen LogP contribution in [0.15, 0.2) is 60.9 Å². The summed E-state index contributed by atoms with van der Waals surface area (Å²) in [6.45, 7) is 8.62. The van der Waals surface area contributed by atoms with Crippen molar-refractivity contribution < 1.29 is 22.7 Å². The highest BCUT2D eigenvalue weighted by Gasteiger charge is 2.28. The van der Waals surface area contributed by atoms with Crippen molar-refractivity contribution in [2.45, 2.75) is 57.9 Å². The highest BCUT2D eigenvalue weighted by atomic mass is 35.5. The van der Waals surface area contributed by atoms with Crippen molar-refractivity contribution in [3.05, 3.63) is 72.1 Å². The van der Waals surface area contributed by atoms with E-state index in [9.17, 15) is 13.2 Å². The van der Waals surface area contributed by atoms with Gasteiger partial charge in [0.25, 0.3) is 0 Å². The van der Waals surface area contributed by atoms with E-state index in [1.807, 2.05) is 64.1 Å². The fourth-order valence-electron chi connectivity index (χ4n) is 5.15. The summed E-state index contributed by atoms with van der Waals surface area (Å²) >= 11 is 5.68. The number of fused-ring (bicyclic) bond motifs is 1. The first-order chi connectivity index (χ1) is 20.9. The predicted molar refractivity (Wildman–Crippen MR) is 172 cm³/mol. The Labute approximate surface area is 262 Å². The number of anilines is 1. The van der Waals surface area contributed by atoms with Gasteiger partial charge in [0.15, 0.2) is 9.84 Å². The molecule has 1 saturated heterocycles. The Balaban J connectivity index is 1.40. The Morgan fingerprint density at radius 1 is 1.07 bits per heavy atom. The fraction of sp³-hybridized carbons (Fsp3) is 0.375. The molecule has 3 heterocycles. The van der Waals surface area contributed by atoms with Crippen molar-refractivity contribution in [2.24, 2.45) is 0 Å². The smallest absolute Gasteiger partial charge is 0.410 e. The molecule has 0 saturated carbocycles. The van der Waals surface area contributed by atoms with Gasteiger partial charge in [-0.2, -0.15) is 0 Å². The standard InChI is InChI=1S/C32H36ClN5O5S/c1-21-12-13-24-22(19-44(40,41)20-33)8-5-10-25(24)28(21)42-29-26(11-6-15-34-29)27-14-16-35-30(37-27)36-23-9-7-17-38(18-23)31(39)43-32(2,3)4/h5-6,8,10-16,23H,7,9,17-20H2,1-4H3,(H,35,36,37)/t23-/m0/s1. The first-order valence-electron chi connectivity index (χ1n) is 14.4. The number of nitrogens with one attached hydrogen (secondary N) is 1. The molecule has 5 rings (SSSR count). The van der Waals surface area contributed by atoms with Crippen LogP contribution in [-0.2, 0) is 20.3 Å². The van der Waals surface area contributed by atoms with E-state index in [0.29, 0.717) is 47.5 Å². The summed E-state index contributed by atoms with van der Waals surface area (Å²) in [5.41, 5.74) is 2.22. The maximum absolute atomic E-state index is 12.6. The number of aryl methyl sites for hydroxylation is 1. The molecular weight excluding hydrogens is 602 g/mol. The molecule has 10 nitrogen and oxygen atoms in total. The average Bonchev–Trinajstić information content (AvgIpc) is 2.98. The van der Waals surface area contributed by atoms with Crippen molar-refractivity contribution in [2.75, 3.05) is 23.6 Å². The van der Waals surface area contributed by atoms with E-state index in [1.165, 1.54) is 0 Å². The van der Waals surface area contributed by atoms with E-state index in [-0.39, 0.29) is 17.9 Å². The van der Waals surface area contributed by atoms with E-state index < -0.39 is 20.7 Å². The quantitative estimate of drug-likeness (QED) is 0.210. The van der Waals surface area contributed by atoms with Gasteiger partial charge in [0.05, 0.1) is 17.0 Å². The molecule has 1 atom stereocenters. The van der Waals surface area contributed by atoms with Crippen LogP contribution in [0, 0.1) is 6.92 Å². The van der Waals surface area contributed by atoms with Gasteiger partial charge >= 0.3 is 6.09 Å². The van der Waals surface area contributed by atoms with Crippen molar-refractivity contribution >= 4 is 44.3 Å². The van der Waals surface area contributed by atoms with Crippen molar-refractivity contribution in [1.82, 2.24) is 19.9 Å². The number of benzene rings is 2. The number of alkyl halides is 1. The molecule has 0 spiro atoms. The van der Waals surface area contributed by atoms with Gasteiger partial charge in [0.1, 0.15) is 16.6 Å². The molecule has 12 heteroatoms. The molecule has 232 valence electrons. The highest BCUT2D eigenvalue weighted by Crippen LogP contribution is 2.38. The van der Waals surface area contributed by atoms with Gasteiger partial charge in [0.2, 0.25) is 11.8 Å². The summed E-state index contributed by atoms with van der Waals surface area (Å²) in [5, 5.41) is 4.46. The van der Waals surface area contributed by atoms with Gasteiger partial charge in [0, 0.05) is 36.9 Å². The van der Waals surface area contributed by atoms with Gasteiger partial charge in [-0.3, -0.25) is 0 Å². The number of pyridine rings is 1. The number of likely N-dealkylation sites (tertiary alicyclic amines) is 1. The molecule has 0 unspecified atom stereocenters. The van der Waals surface area contributed by atoms with Gasteiger partial charge < -0.3 is 19.7 Å². The number of hydrogen-bond donors (Lipinski definition) is 1. The van der Waals surface area contributed by atoms with Crippen molar-refractivity contribution in [1.29, 1.82) is 0 Å². The van der Waals surface area contributed by atoms with Gasteiger partial charge in [-0.15, -0.1) is 11.6 Å². The summed E-state index contributed by atoms with van der Waals surface area (Å²) < 4.78 is 36.6. The second-order valence-electron chi connectivity index (χ2n) is 11.9. The second kappa shape index (κ2) is 13.0. The molecule has 0 aliphatic carbocycles. The average molecular weight is 638 g/mol. The van der Waals surface area contributed by atoms with Crippen LogP contribution in [0.2, 0.25) is 0 Å². The van der Waals surface area contributed by atoms with Crippen LogP contribution in [0.5, 0.6) is 11.6 Å². The number of halogens is 1. The minimum atomic E-state index is -3.45. The molecule has 2 aromatic heterocycles. The molecule has 44 heavy (non-hydrogen) atoms. The number of amides is 1. The minimum Gasteiger partial charge on any atom is -0.444 e. The van der Waals surface area contributed by atoms with Gasteiger partial charge in [-0.05, 0) is 75.2 Å². The number of carbonyl (C=O) groups excluding carboxylic acids is 1. The number of sulfone groups is 1. The number of piperidine rings is 1. The molecule has 1 aliphatic heterocycles. The fourth-order valence-corrected chi connectivity index (χ4v) is 6.19. The van der Waals surface area contributed by atoms with Crippen LogP contribution < -0.4 is 10.1 Å². The first kappa shape index (κ1) is 31.5. The number of ether oxygens (including phenoxy) is 2.